The molecule has 3 heteroatoms. The molecular weight excluding hydrogens is 154 g/mol. The first-order chi connectivity index (χ1) is 5.90. The molecule has 0 bridgehead atoms. The molecule has 0 atom stereocenters. The maximum absolute atomic E-state index is 8.36. The Morgan fingerprint density at radius 1 is 1.08 bits per heavy atom. The maximum Gasteiger partial charge on any atom is 0.234 e. The molecule has 1 aromatic heterocycles. The molecule has 1 aromatic carbocycles. The van der Waals surface area contributed by atoms with Crippen LogP contribution in [0.1, 0.15) is 0 Å². The third kappa shape index (κ3) is 1.10. The minimum atomic E-state index is 1.02. The molecule has 2 aromatic rings. The summed E-state index contributed by atoms with van der Waals surface area (Å²) in [6.07, 6.45) is 3.34. The van der Waals surface area contributed by atoms with E-state index in [0.717, 1.165) is 10.8 Å². The summed E-state index contributed by atoms with van der Waals surface area (Å²) in [7, 11) is 0. The summed E-state index contributed by atoms with van der Waals surface area (Å²) in [6.45, 7) is 0. The second-order valence-electron chi connectivity index (χ2n) is 2.52. The SMILES string of the molecule is OO[n+]1ccc2ccccc2c1. The van der Waals surface area contributed by atoms with Crippen LogP contribution >= 0.6 is 0 Å². The van der Waals surface area contributed by atoms with E-state index in [-0.39, 0.29) is 0 Å². The fourth-order valence-corrected chi connectivity index (χ4v) is 1.16. The fourth-order valence-electron chi connectivity index (χ4n) is 1.16. The third-order valence-electron chi connectivity index (χ3n) is 1.76. The largest absolute Gasteiger partial charge is 0.234 e. The van der Waals surface area contributed by atoms with E-state index in [0.29, 0.717) is 0 Å². The van der Waals surface area contributed by atoms with Gasteiger partial charge in [0, 0.05) is 10.8 Å². The van der Waals surface area contributed by atoms with Crippen molar-refractivity contribution >= 4 is 10.8 Å². The second kappa shape index (κ2) is 2.79. The summed E-state index contributed by atoms with van der Waals surface area (Å²) in [5, 5.41) is 10.5. The van der Waals surface area contributed by atoms with Gasteiger partial charge in [-0.05, 0) is 11.5 Å². The van der Waals surface area contributed by atoms with Crippen molar-refractivity contribution in [2.75, 3.05) is 0 Å². The van der Waals surface area contributed by atoms with Crippen molar-refractivity contribution < 1.29 is 15.0 Å². The highest BCUT2D eigenvalue weighted by molar-refractivity contribution is 5.80. The number of hydrogen-bond donors (Lipinski definition) is 1. The fraction of sp³-hybridized carbons (Fsp3) is 0. The quantitative estimate of drug-likeness (QED) is 0.386. The highest BCUT2D eigenvalue weighted by atomic mass is 17.2. The Morgan fingerprint density at radius 2 is 1.83 bits per heavy atom. The van der Waals surface area contributed by atoms with E-state index < -0.39 is 0 Å². The van der Waals surface area contributed by atoms with Gasteiger partial charge in [-0.1, -0.05) is 23.2 Å². The standard InChI is InChI=1S/C9H7NO2/c11-12-10-6-5-8-3-1-2-4-9(8)7-10/h1-7H/p+1. The van der Waals surface area contributed by atoms with Gasteiger partial charge < -0.3 is 0 Å². The monoisotopic (exact) mass is 162 g/mol. The minimum Gasteiger partial charge on any atom is -0.143 e. The van der Waals surface area contributed by atoms with E-state index in [4.69, 9.17) is 5.26 Å². The van der Waals surface area contributed by atoms with Crippen LogP contribution in [0.25, 0.3) is 10.8 Å². The molecule has 0 radical (unpaired) electrons. The number of benzene rings is 1. The Bertz CT molecular complexity index is 400. The molecule has 1 N–H and O–H groups in total. The van der Waals surface area contributed by atoms with Crippen LogP contribution in [-0.2, 0) is 0 Å². The van der Waals surface area contributed by atoms with Gasteiger partial charge in [-0.3, -0.25) is 0 Å². The van der Waals surface area contributed by atoms with Gasteiger partial charge in [-0.15, -0.1) is 5.26 Å². The molecular formula is C9H8NO2+. The molecule has 3 nitrogen and oxygen atoms in total. The smallest absolute Gasteiger partial charge is 0.143 e. The number of hydrogen-bond acceptors (Lipinski definition) is 2. The zero-order valence-corrected chi connectivity index (χ0v) is 6.34. The van der Waals surface area contributed by atoms with E-state index in [1.165, 1.54) is 4.73 Å². The van der Waals surface area contributed by atoms with Gasteiger partial charge in [0.2, 0.25) is 12.4 Å². The Labute approximate surface area is 69.3 Å². The van der Waals surface area contributed by atoms with Crippen LogP contribution < -0.4 is 9.72 Å². The topological polar surface area (TPSA) is 33.3 Å². The average Bonchev–Trinajstić information content (AvgIpc) is 2.17. The number of aromatic nitrogens is 1. The van der Waals surface area contributed by atoms with Gasteiger partial charge in [0.25, 0.3) is 0 Å². The molecule has 0 amide bonds. The molecule has 0 unspecified atom stereocenters. The van der Waals surface area contributed by atoms with Crippen LogP contribution in [0.2, 0.25) is 0 Å². The van der Waals surface area contributed by atoms with Gasteiger partial charge in [0.15, 0.2) is 0 Å². The molecule has 0 saturated heterocycles. The van der Waals surface area contributed by atoms with Crippen LogP contribution in [0.3, 0.4) is 0 Å². The Kier molecular flexibility index (Phi) is 1.64. The zero-order valence-electron chi connectivity index (χ0n) is 6.34. The van der Waals surface area contributed by atoms with Crippen molar-refractivity contribution in [1.29, 1.82) is 0 Å². The molecule has 12 heavy (non-hydrogen) atoms. The molecule has 0 aliphatic heterocycles. The average molecular weight is 162 g/mol. The predicted octanol–water partition coefficient (Wildman–Crippen LogP) is 1.03. The van der Waals surface area contributed by atoms with Crippen molar-refractivity contribution in [3.8, 4) is 0 Å². The second-order valence-corrected chi connectivity index (χ2v) is 2.52. The molecule has 0 spiro atoms. The van der Waals surface area contributed by atoms with Gasteiger partial charge >= 0.3 is 0 Å². The molecule has 1 heterocycles. The van der Waals surface area contributed by atoms with Crippen LogP contribution in [0.15, 0.2) is 42.7 Å². The van der Waals surface area contributed by atoms with E-state index in [1.54, 1.807) is 12.4 Å². The van der Waals surface area contributed by atoms with Crippen molar-refractivity contribution in [3.05, 3.63) is 42.7 Å². The Morgan fingerprint density at radius 3 is 2.58 bits per heavy atom. The van der Waals surface area contributed by atoms with Gasteiger partial charge in [0.05, 0.1) is 5.39 Å². The number of nitrogens with zero attached hydrogens (tertiary/aromatic N) is 1. The normalized spacial score (nSPS) is 10.1. The molecule has 0 aliphatic carbocycles. The number of fused-ring (bicyclic) bond motifs is 1. The Balaban J connectivity index is 2.67. The maximum atomic E-state index is 8.36. The molecule has 60 valence electrons. The lowest BCUT2D eigenvalue weighted by Gasteiger charge is -1.92. The van der Waals surface area contributed by atoms with Crippen LogP contribution in [0, 0.1) is 0 Å². The van der Waals surface area contributed by atoms with E-state index >= 15 is 0 Å². The van der Waals surface area contributed by atoms with Crippen molar-refractivity contribution in [2.24, 2.45) is 0 Å². The van der Waals surface area contributed by atoms with Crippen LogP contribution in [-0.4, -0.2) is 5.26 Å². The highest BCUT2D eigenvalue weighted by Crippen LogP contribution is 2.08. The van der Waals surface area contributed by atoms with Gasteiger partial charge in [-0.25, -0.2) is 0 Å². The highest BCUT2D eigenvalue weighted by Gasteiger charge is 2.01. The van der Waals surface area contributed by atoms with Crippen molar-refractivity contribution in [1.82, 2.24) is 0 Å². The van der Waals surface area contributed by atoms with Gasteiger partial charge in [0.1, 0.15) is 0 Å². The summed E-state index contributed by atoms with van der Waals surface area (Å²) in [5.74, 6) is 0. The van der Waals surface area contributed by atoms with Crippen molar-refractivity contribution in [3.63, 3.8) is 0 Å². The van der Waals surface area contributed by atoms with E-state index in [2.05, 4.69) is 4.99 Å². The number of pyridine rings is 1. The lowest BCUT2D eigenvalue weighted by atomic mass is 10.2. The lowest BCUT2D eigenvalue weighted by molar-refractivity contribution is -0.955. The van der Waals surface area contributed by atoms with E-state index in [1.807, 2.05) is 30.3 Å². The van der Waals surface area contributed by atoms with Crippen LogP contribution in [0.5, 0.6) is 0 Å². The summed E-state index contributed by atoms with van der Waals surface area (Å²) in [6, 6.07) is 9.71. The summed E-state index contributed by atoms with van der Waals surface area (Å²) in [4.78, 5) is 4.04. The first kappa shape index (κ1) is 7.06. The molecule has 2 rings (SSSR count). The summed E-state index contributed by atoms with van der Waals surface area (Å²) in [5.41, 5.74) is 0. The van der Waals surface area contributed by atoms with Crippen molar-refractivity contribution in [2.45, 2.75) is 0 Å². The zero-order chi connectivity index (χ0) is 8.39. The minimum absolute atomic E-state index is 1.02. The predicted molar refractivity (Wildman–Crippen MR) is 43.4 cm³/mol. The third-order valence-corrected chi connectivity index (χ3v) is 1.76. The summed E-state index contributed by atoms with van der Waals surface area (Å²) >= 11 is 0. The molecule has 0 saturated carbocycles. The van der Waals surface area contributed by atoms with Crippen LogP contribution in [0.4, 0.5) is 0 Å². The first-order valence-electron chi connectivity index (χ1n) is 3.62. The molecule has 0 fully saturated rings. The lowest BCUT2D eigenvalue weighted by Crippen LogP contribution is -2.39. The molecule has 0 aliphatic rings. The van der Waals surface area contributed by atoms with E-state index in [9.17, 15) is 0 Å². The summed E-state index contributed by atoms with van der Waals surface area (Å²) < 4.78 is 1.24. The number of rotatable bonds is 1. The Hall–Kier alpha value is -1.61. The first-order valence-corrected chi connectivity index (χ1v) is 3.62. The van der Waals surface area contributed by atoms with Gasteiger partial charge in [-0.2, -0.15) is 0 Å².